The predicted molar refractivity (Wildman–Crippen MR) is 137 cm³/mol. The number of sulfonamides is 1. The minimum absolute atomic E-state index is 0.163. The molecule has 9 heteroatoms. The maximum atomic E-state index is 13.6. The summed E-state index contributed by atoms with van der Waals surface area (Å²) in [5.74, 6) is -0.816. The molecule has 2 aromatic rings. The number of nitrogens with one attached hydrogen (secondary N) is 1. The Labute approximate surface area is 208 Å². The lowest BCUT2D eigenvalue weighted by Crippen LogP contribution is -2.54. The van der Waals surface area contributed by atoms with E-state index in [1.165, 1.54) is 4.90 Å². The number of hydrogen-bond donors (Lipinski definition) is 1. The first kappa shape index (κ1) is 27.7. The van der Waals surface area contributed by atoms with Crippen LogP contribution in [0.5, 0.6) is 0 Å². The van der Waals surface area contributed by atoms with Crippen molar-refractivity contribution in [1.29, 1.82) is 0 Å². The number of aryl methyl sites for hydroxylation is 1. The van der Waals surface area contributed by atoms with Crippen molar-refractivity contribution in [3.05, 3.63) is 64.2 Å². The number of rotatable bonds is 8. The summed E-state index contributed by atoms with van der Waals surface area (Å²) in [5, 5.41) is 3.30. The minimum atomic E-state index is -3.81. The molecule has 0 saturated carbocycles. The van der Waals surface area contributed by atoms with Gasteiger partial charge in [0.15, 0.2) is 0 Å². The summed E-state index contributed by atoms with van der Waals surface area (Å²) in [6.07, 6.45) is 1.04. The molecule has 0 heterocycles. The molecule has 0 radical (unpaired) electrons. The highest BCUT2D eigenvalue weighted by Crippen LogP contribution is 2.28. The lowest BCUT2D eigenvalue weighted by Gasteiger charge is -2.33. The Morgan fingerprint density at radius 3 is 2.24 bits per heavy atom. The summed E-state index contributed by atoms with van der Waals surface area (Å²) in [6.45, 7) is 10.6. The second-order valence-electron chi connectivity index (χ2n) is 9.52. The third-order valence-electron chi connectivity index (χ3n) is 5.45. The van der Waals surface area contributed by atoms with Crippen LogP contribution in [0.25, 0.3) is 0 Å². The number of nitrogens with zero attached hydrogens (tertiary/aromatic N) is 2. The average Bonchev–Trinajstić information content (AvgIpc) is 2.71. The summed E-state index contributed by atoms with van der Waals surface area (Å²) >= 11 is 6.22. The van der Waals surface area contributed by atoms with Crippen molar-refractivity contribution in [3.63, 3.8) is 0 Å². The van der Waals surface area contributed by atoms with Gasteiger partial charge in [-0.2, -0.15) is 0 Å². The van der Waals surface area contributed by atoms with Gasteiger partial charge in [0.25, 0.3) is 0 Å². The van der Waals surface area contributed by atoms with E-state index in [0.717, 1.165) is 21.7 Å². The van der Waals surface area contributed by atoms with Crippen molar-refractivity contribution in [2.45, 2.75) is 59.7 Å². The fourth-order valence-electron chi connectivity index (χ4n) is 3.49. The van der Waals surface area contributed by atoms with Crippen LogP contribution in [0.4, 0.5) is 5.69 Å². The highest BCUT2D eigenvalue weighted by atomic mass is 35.5. The molecule has 2 aromatic carbocycles. The van der Waals surface area contributed by atoms with Crippen LogP contribution in [0.15, 0.2) is 42.5 Å². The lowest BCUT2D eigenvalue weighted by molar-refractivity contribution is -0.140. The molecular weight excluding hydrogens is 474 g/mol. The SMILES string of the molecule is Cc1ccccc1CN(C(=O)CN(c1cccc(Cl)c1C)S(C)(=O)=O)[C@@H](C)C(=O)NC(C)(C)C. The molecule has 0 aliphatic carbocycles. The Balaban J connectivity index is 2.47. The smallest absolute Gasteiger partial charge is 0.244 e. The lowest BCUT2D eigenvalue weighted by atomic mass is 10.1. The van der Waals surface area contributed by atoms with E-state index in [2.05, 4.69) is 5.32 Å². The van der Waals surface area contributed by atoms with Gasteiger partial charge in [0.2, 0.25) is 21.8 Å². The van der Waals surface area contributed by atoms with Crippen LogP contribution in [-0.4, -0.2) is 49.5 Å². The minimum Gasteiger partial charge on any atom is -0.350 e. The van der Waals surface area contributed by atoms with Crippen molar-refractivity contribution >= 4 is 39.1 Å². The Kier molecular flexibility index (Phi) is 8.77. The van der Waals surface area contributed by atoms with Gasteiger partial charge in [-0.05, 0) is 70.4 Å². The van der Waals surface area contributed by atoms with Gasteiger partial charge in [-0.25, -0.2) is 8.42 Å². The Hall–Kier alpha value is -2.58. The van der Waals surface area contributed by atoms with Gasteiger partial charge in [0, 0.05) is 17.1 Å². The number of carbonyl (C=O) groups is 2. The summed E-state index contributed by atoms with van der Waals surface area (Å²) in [6, 6.07) is 11.7. The van der Waals surface area contributed by atoms with Crippen molar-refractivity contribution in [2.75, 3.05) is 17.1 Å². The quantitative estimate of drug-likeness (QED) is 0.583. The Bertz CT molecular complexity index is 1160. The van der Waals surface area contributed by atoms with Crippen LogP contribution in [0.1, 0.15) is 44.4 Å². The fourth-order valence-corrected chi connectivity index (χ4v) is 4.56. The highest BCUT2D eigenvalue weighted by Gasteiger charge is 2.32. The van der Waals surface area contributed by atoms with E-state index in [4.69, 9.17) is 11.6 Å². The van der Waals surface area contributed by atoms with Gasteiger partial charge >= 0.3 is 0 Å². The van der Waals surface area contributed by atoms with Crippen LogP contribution in [0, 0.1) is 13.8 Å². The van der Waals surface area contributed by atoms with Gasteiger partial charge < -0.3 is 10.2 Å². The first-order valence-corrected chi connectivity index (χ1v) is 13.2. The van der Waals surface area contributed by atoms with Crippen molar-refractivity contribution in [1.82, 2.24) is 10.2 Å². The van der Waals surface area contributed by atoms with Gasteiger partial charge in [-0.3, -0.25) is 13.9 Å². The first-order valence-electron chi connectivity index (χ1n) is 11.0. The van der Waals surface area contributed by atoms with E-state index in [9.17, 15) is 18.0 Å². The summed E-state index contributed by atoms with van der Waals surface area (Å²) in [5.41, 5.74) is 2.22. The monoisotopic (exact) mass is 507 g/mol. The maximum Gasteiger partial charge on any atom is 0.244 e. The zero-order chi connectivity index (χ0) is 25.8. The maximum absolute atomic E-state index is 13.6. The van der Waals surface area contributed by atoms with Gasteiger partial charge in [-0.1, -0.05) is 41.9 Å². The number of benzene rings is 2. The zero-order valence-corrected chi connectivity index (χ0v) is 22.4. The van der Waals surface area contributed by atoms with Crippen LogP contribution in [-0.2, 0) is 26.2 Å². The van der Waals surface area contributed by atoms with E-state index in [1.807, 2.05) is 52.0 Å². The topological polar surface area (TPSA) is 86.8 Å². The van der Waals surface area contributed by atoms with E-state index in [0.29, 0.717) is 16.3 Å². The molecule has 1 N–H and O–H groups in total. The summed E-state index contributed by atoms with van der Waals surface area (Å²) in [7, 11) is -3.81. The normalized spacial score (nSPS) is 12.7. The fraction of sp³-hybridized carbons (Fsp3) is 0.440. The molecule has 0 unspecified atom stereocenters. The summed E-state index contributed by atoms with van der Waals surface area (Å²) < 4.78 is 26.4. The number of amides is 2. The average molecular weight is 508 g/mol. The number of anilines is 1. The van der Waals surface area contributed by atoms with Crippen molar-refractivity contribution < 1.29 is 18.0 Å². The second-order valence-corrected chi connectivity index (χ2v) is 11.8. The third kappa shape index (κ3) is 7.21. The first-order chi connectivity index (χ1) is 15.6. The largest absolute Gasteiger partial charge is 0.350 e. The van der Waals surface area contributed by atoms with Gasteiger partial charge in [0.05, 0.1) is 11.9 Å². The van der Waals surface area contributed by atoms with E-state index >= 15 is 0 Å². The standard InChI is InChI=1S/C25H34ClN3O4S/c1-17-11-8-9-12-20(17)15-28(19(3)24(31)27-25(4,5)6)23(30)16-29(34(7,32)33)22-14-10-13-21(26)18(22)2/h8-14,19H,15-16H2,1-7H3,(H,27,31)/t19-/m0/s1. The Morgan fingerprint density at radius 1 is 1.06 bits per heavy atom. The van der Waals surface area contributed by atoms with E-state index in [1.54, 1.807) is 32.0 Å². The molecule has 34 heavy (non-hydrogen) atoms. The molecule has 0 aliphatic heterocycles. The molecule has 0 aromatic heterocycles. The Morgan fingerprint density at radius 2 is 1.68 bits per heavy atom. The van der Waals surface area contributed by atoms with Gasteiger partial charge in [0.1, 0.15) is 12.6 Å². The molecule has 0 spiro atoms. The molecule has 0 bridgehead atoms. The molecule has 2 amide bonds. The van der Waals surface area contributed by atoms with Crippen LogP contribution >= 0.6 is 11.6 Å². The highest BCUT2D eigenvalue weighted by molar-refractivity contribution is 7.92. The molecule has 186 valence electrons. The van der Waals surface area contributed by atoms with Crippen molar-refractivity contribution in [3.8, 4) is 0 Å². The molecular formula is C25H34ClN3O4S. The molecule has 0 fully saturated rings. The zero-order valence-electron chi connectivity index (χ0n) is 20.8. The van der Waals surface area contributed by atoms with E-state index in [-0.39, 0.29) is 12.5 Å². The van der Waals surface area contributed by atoms with E-state index < -0.39 is 34.1 Å². The van der Waals surface area contributed by atoms with Crippen LogP contribution in [0.2, 0.25) is 5.02 Å². The summed E-state index contributed by atoms with van der Waals surface area (Å²) in [4.78, 5) is 28.0. The van der Waals surface area contributed by atoms with Crippen molar-refractivity contribution in [2.24, 2.45) is 0 Å². The van der Waals surface area contributed by atoms with Crippen LogP contribution in [0.3, 0.4) is 0 Å². The molecule has 0 aliphatic rings. The number of hydrogen-bond acceptors (Lipinski definition) is 4. The molecule has 2 rings (SSSR count). The third-order valence-corrected chi connectivity index (χ3v) is 6.99. The predicted octanol–water partition coefficient (Wildman–Crippen LogP) is 4.05. The number of halogens is 1. The molecule has 0 saturated heterocycles. The van der Waals surface area contributed by atoms with Crippen LogP contribution < -0.4 is 9.62 Å². The second kappa shape index (κ2) is 10.8. The van der Waals surface area contributed by atoms with Gasteiger partial charge in [-0.15, -0.1) is 0 Å². The molecule has 7 nitrogen and oxygen atoms in total. The number of carbonyl (C=O) groups excluding carboxylic acids is 2. The molecule has 1 atom stereocenters.